The number of hydrogen-bond donors (Lipinski definition) is 1. The molecule has 1 aromatic carbocycles. The van der Waals surface area contributed by atoms with Crippen LogP contribution in [0.15, 0.2) is 16.5 Å². The van der Waals surface area contributed by atoms with Crippen LogP contribution in [-0.4, -0.2) is 10.2 Å². The Morgan fingerprint density at radius 2 is 2.11 bits per heavy atom. The monoisotopic (exact) mass is 269 g/mol. The van der Waals surface area contributed by atoms with Gasteiger partial charge in [-0.15, -0.1) is 5.10 Å². The average molecular weight is 269 g/mol. The number of rotatable bonds is 3. The smallest absolute Gasteiger partial charge is 0.284 e. The molecule has 0 amide bonds. The van der Waals surface area contributed by atoms with Crippen molar-refractivity contribution in [1.29, 1.82) is 5.26 Å². The van der Waals surface area contributed by atoms with Gasteiger partial charge in [0.1, 0.15) is 0 Å². The Bertz CT molecular complexity index is 651. The van der Waals surface area contributed by atoms with E-state index in [1.54, 1.807) is 6.07 Å². The van der Waals surface area contributed by atoms with Gasteiger partial charge in [-0.05, 0) is 24.4 Å². The zero-order valence-electron chi connectivity index (χ0n) is 8.74. The zero-order valence-corrected chi connectivity index (χ0v) is 9.55. The van der Waals surface area contributed by atoms with E-state index in [-0.39, 0.29) is 22.9 Å². The van der Waals surface area contributed by atoms with E-state index in [4.69, 9.17) is 14.4 Å². The van der Waals surface area contributed by atoms with Gasteiger partial charge >= 0.3 is 0 Å². The van der Waals surface area contributed by atoms with Crippen LogP contribution in [0.25, 0.3) is 0 Å². The van der Waals surface area contributed by atoms with Crippen LogP contribution in [0.5, 0.6) is 5.75 Å². The maximum atomic E-state index is 13.4. The van der Waals surface area contributed by atoms with Crippen molar-refractivity contribution in [1.82, 2.24) is 10.2 Å². The molecule has 0 aliphatic carbocycles. The molecule has 92 valence electrons. The molecule has 18 heavy (non-hydrogen) atoms. The Morgan fingerprint density at radius 1 is 1.44 bits per heavy atom. The molecule has 0 bridgehead atoms. The second kappa shape index (κ2) is 4.93. The highest BCUT2D eigenvalue weighted by Crippen LogP contribution is 2.23. The SMILES string of the molecule is N#Cc1cc(F)c(OCc2n[nH]c(=S)o2)c(F)c1. The molecule has 0 saturated carbocycles. The lowest BCUT2D eigenvalue weighted by Crippen LogP contribution is -2.01. The van der Waals surface area contributed by atoms with Gasteiger partial charge in [-0.3, -0.25) is 0 Å². The van der Waals surface area contributed by atoms with E-state index in [1.165, 1.54) is 0 Å². The third-order valence-electron chi connectivity index (χ3n) is 1.95. The van der Waals surface area contributed by atoms with Gasteiger partial charge in [0.2, 0.25) is 0 Å². The minimum atomic E-state index is -0.972. The fourth-order valence-electron chi connectivity index (χ4n) is 1.22. The van der Waals surface area contributed by atoms with Crippen LogP contribution >= 0.6 is 12.2 Å². The van der Waals surface area contributed by atoms with Crippen LogP contribution < -0.4 is 4.74 Å². The van der Waals surface area contributed by atoms with Gasteiger partial charge in [0.25, 0.3) is 10.7 Å². The van der Waals surface area contributed by atoms with Crippen LogP contribution in [0, 0.1) is 27.8 Å². The molecule has 0 fully saturated rings. The molecular formula is C10H5F2N3O2S. The second-order valence-corrected chi connectivity index (χ2v) is 3.55. The van der Waals surface area contributed by atoms with E-state index < -0.39 is 17.4 Å². The molecule has 0 saturated heterocycles. The number of ether oxygens (including phenoxy) is 1. The van der Waals surface area contributed by atoms with Crippen molar-refractivity contribution in [2.24, 2.45) is 0 Å². The highest BCUT2D eigenvalue weighted by Gasteiger charge is 2.14. The van der Waals surface area contributed by atoms with Crippen molar-refractivity contribution >= 4 is 12.2 Å². The van der Waals surface area contributed by atoms with Gasteiger partial charge < -0.3 is 9.15 Å². The van der Waals surface area contributed by atoms with Crippen molar-refractivity contribution in [3.05, 3.63) is 40.1 Å². The molecule has 0 radical (unpaired) electrons. The minimum Gasteiger partial charge on any atom is -0.478 e. The van der Waals surface area contributed by atoms with Crippen LogP contribution in [0.1, 0.15) is 11.5 Å². The number of nitriles is 1. The third kappa shape index (κ3) is 2.52. The van der Waals surface area contributed by atoms with E-state index in [9.17, 15) is 8.78 Å². The molecule has 0 spiro atoms. The summed E-state index contributed by atoms with van der Waals surface area (Å²) in [6.07, 6.45) is 0. The third-order valence-corrected chi connectivity index (χ3v) is 2.12. The molecule has 0 aliphatic heterocycles. The predicted molar refractivity (Wildman–Crippen MR) is 57.1 cm³/mol. The fourth-order valence-corrected chi connectivity index (χ4v) is 1.36. The zero-order chi connectivity index (χ0) is 13.1. The number of aromatic nitrogens is 2. The molecule has 1 N–H and O–H groups in total. The van der Waals surface area contributed by atoms with Gasteiger partial charge in [0.05, 0.1) is 11.6 Å². The van der Waals surface area contributed by atoms with E-state index in [2.05, 4.69) is 22.4 Å². The summed E-state index contributed by atoms with van der Waals surface area (Å²) < 4.78 is 36.6. The van der Waals surface area contributed by atoms with Crippen molar-refractivity contribution in [2.45, 2.75) is 6.61 Å². The molecule has 0 unspecified atom stereocenters. The molecule has 1 heterocycles. The Hall–Kier alpha value is -2.27. The summed E-state index contributed by atoms with van der Waals surface area (Å²) in [5, 5.41) is 14.5. The lowest BCUT2D eigenvalue weighted by Gasteiger charge is -2.06. The van der Waals surface area contributed by atoms with Gasteiger partial charge in [-0.1, -0.05) is 0 Å². The van der Waals surface area contributed by atoms with Crippen LogP contribution in [-0.2, 0) is 6.61 Å². The topological polar surface area (TPSA) is 74.8 Å². The van der Waals surface area contributed by atoms with Crippen molar-refractivity contribution < 1.29 is 17.9 Å². The first kappa shape index (κ1) is 12.2. The number of aromatic amines is 1. The maximum Gasteiger partial charge on any atom is 0.284 e. The van der Waals surface area contributed by atoms with E-state index in [1.807, 2.05) is 0 Å². The Kier molecular flexibility index (Phi) is 3.34. The van der Waals surface area contributed by atoms with Crippen LogP contribution in [0.3, 0.4) is 0 Å². The first-order valence-corrected chi connectivity index (χ1v) is 5.07. The predicted octanol–water partition coefficient (Wildman–Crippen LogP) is 2.46. The minimum absolute atomic E-state index is 0.0365. The lowest BCUT2D eigenvalue weighted by atomic mass is 10.2. The Morgan fingerprint density at radius 3 is 2.61 bits per heavy atom. The number of benzene rings is 1. The van der Waals surface area contributed by atoms with Crippen molar-refractivity contribution in [3.8, 4) is 11.8 Å². The van der Waals surface area contributed by atoms with Crippen LogP contribution in [0.2, 0.25) is 0 Å². The summed E-state index contributed by atoms with van der Waals surface area (Å²) in [4.78, 5) is 0.0365. The van der Waals surface area contributed by atoms with Gasteiger partial charge in [0, 0.05) is 0 Å². The Labute approximate surface area is 105 Å². The first-order chi connectivity index (χ1) is 8.60. The summed E-state index contributed by atoms with van der Waals surface area (Å²) in [6.45, 7) is -0.285. The van der Waals surface area contributed by atoms with E-state index >= 15 is 0 Å². The number of H-pyrrole nitrogens is 1. The number of hydrogen-bond acceptors (Lipinski definition) is 5. The molecular weight excluding hydrogens is 264 g/mol. The van der Waals surface area contributed by atoms with E-state index in [0.717, 1.165) is 12.1 Å². The number of nitrogens with one attached hydrogen (secondary N) is 1. The van der Waals surface area contributed by atoms with Crippen LogP contribution in [0.4, 0.5) is 8.78 Å². The summed E-state index contributed by atoms with van der Waals surface area (Å²) in [7, 11) is 0. The number of nitrogens with zero attached hydrogens (tertiary/aromatic N) is 2. The standard InChI is InChI=1S/C10H5F2N3O2S/c11-6-1-5(3-13)2-7(12)9(6)16-4-8-14-15-10(18)17-8/h1-2H,4H2,(H,15,18). The summed E-state index contributed by atoms with van der Waals surface area (Å²) in [6, 6.07) is 3.38. The molecule has 2 aromatic rings. The number of halogens is 2. The quantitative estimate of drug-likeness (QED) is 0.866. The van der Waals surface area contributed by atoms with Crippen molar-refractivity contribution in [2.75, 3.05) is 0 Å². The van der Waals surface area contributed by atoms with Gasteiger partial charge in [-0.25, -0.2) is 13.9 Å². The molecule has 8 heteroatoms. The average Bonchev–Trinajstić information content (AvgIpc) is 2.73. The van der Waals surface area contributed by atoms with E-state index in [0.29, 0.717) is 0 Å². The van der Waals surface area contributed by atoms with Crippen molar-refractivity contribution in [3.63, 3.8) is 0 Å². The molecule has 2 rings (SSSR count). The summed E-state index contributed by atoms with van der Waals surface area (Å²) >= 11 is 4.62. The van der Waals surface area contributed by atoms with Gasteiger partial charge in [0.15, 0.2) is 24.0 Å². The normalized spacial score (nSPS) is 10.1. The molecule has 5 nitrogen and oxygen atoms in total. The highest BCUT2D eigenvalue weighted by molar-refractivity contribution is 7.71. The molecule has 0 atom stereocenters. The second-order valence-electron chi connectivity index (χ2n) is 3.18. The highest BCUT2D eigenvalue weighted by atomic mass is 32.1. The van der Waals surface area contributed by atoms with Gasteiger partial charge in [-0.2, -0.15) is 5.26 Å². The lowest BCUT2D eigenvalue weighted by molar-refractivity contribution is 0.239. The maximum absolute atomic E-state index is 13.4. The molecule has 1 aromatic heterocycles. The largest absolute Gasteiger partial charge is 0.478 e. The molecule has 0 aliphatic rings. The summed E-state index contributed by atoms with van der Waals surface area (Å²) in [5.41, 5.74) is -0.130. The Balaban J connectivity index is 2.20. The fraction of sp³-hybridized carbons (Fsp3) is 0.100. The first-order valence-electron chi connectivity index (χ1n) is 4.66. The summed E-state index contributed by atoms with van der Waals surface area (Å²) in [5.74, 6) is -2.48.